The summed E-state index contributed by atoms with van der Waals surface area (Å²) >= 11 is 0. The summed E-state index contributed by atoms with van der Waals surface area (Å²) in [6.07, 6.45) is 0.931. The van der Waals surface area contributed by atoms with Crippen LogP contribution in [-0.4, -0.2) is 71.5 Å². The molecule has 10 heteroatoms. The molecule has 0 atom stereocenters. The van der Waals surface area contributed by atoms with Gasteiger partial charge >= 0.3 is 6.61 Å². The third kappa shape index (κ3) is 11.4. The van der Waals surface area contributed by atoms with Crippen molar-refractivity contribution in [3.63, 3.8) is 0 Å². The Morgan fingerprint density at radius 3 is 2.62 bits per heavy atom. The van der Waals surface area contributed by atoms with E-state index in [-0.39, 0.29) is 36.3 Å². The number of alkyl halides is 2. The van der Waals surface area contributed by atoms with E-state index in [9.17, 15) is 8.78 Å². The molecule has 0 aromatic heterocycles. The Morgan fingerprint density at radius 1 is 1.24 bits per heavy atom. The van der Waals surface area contributed by atoms with E-state index in [0.29, 0.717) is 30.5 Å². The van der Waals surface area contributed by atoms with E-state index in [1.165, 1.54) is 0 Å². The molecule has 0 saturated heterocycles. The van der Waals surface area contributed by atoms with Gasteiger partial charge in [0.15, 0.2) is 17.5 Å². The molecule has 0 aliphatic carbocycles. The Kier molecular flexibility index (Phi) is 15.6. The first-order chi connectivity index (χ1) is 13.5. The van der Waals surface area contributed by atoms with Crippen LogP contribution in [0.5, 0.6) is 11.5 Å². The molecule has 0 spiro atoms. The van der Waals surface area contributed by atoms with Crippen LogP contribution in [0.4, 0.5) is 8.78 Å². The molecule has 0 aliphatic heterocycles. The molecule has 168 valence electrons. The number of rotatable bonds is 13. The molecule has 0 unspecified atom stereocenters. The second kappa shape index (κ2) is 16.4. The van der Waals surface area contributed by atoms with Gasteiger partial charge in [-0.25, -0.2) is 0 Å². The topological polar surface area (TPSA) is 67.4 Å². The summed E-state index contributed by atoms with van der Waals surface area (Å²) in [5.41, 5.74) is 0.563. The van der Waals surface area contributed by atoms with Gasteiger partial charge in [-0.3, -0.25) is 4.99 Å². The lowest BCUT2D eigenvalue weighted by atomic mass is 10.2. The molecule has 1 aromatic rings. The van der Waals surface area contributed by atoms with E-state index in [1.807, 2.05) is 7.05 Å². The molecule has 0 aliphatic rings. The van der Waals surface area contributed by atoms with Crippen LogP contribution in [0.25, 0.3) is 0 Å². The van der Waals surface area contributed by atoms with Gasteiger partial charge in [-0.2, -0.15) is 8.78 Å². The van der Waals surface area contributed by atoms with E-state index in [1.54, 1.807) is 39.3 Å². The Hall–Kier alpha value is -1.40. The highest BCUT2D eigenvalue weighted by Gasteiger charge is 2.16. The summed E-state index contributed by atoms with van der Waals surface area (Å²) in [5, 5.41) is 6.33. The van der Waals surface area contributed by atoms with Crippen LogP contribution in [-0.2, 0) is 11.3 Å². The van der Waals surface area contributed by atoms with Crippen LogP contribution in [0.3, 0.4) is 0 Å². The number of methoxy groups -OCH3 is 1. The minimum Gasteiger partial charge on any atom is -0.490 e. The first-order valence-corrected chi connectivity index (χ1v) is 9.33. The lowest BCUT2D eigenvalue weighted by molar-refractivity contribution is -0.0520. The third-order valence-electron chi connectivity index (χ3n) is 3.92. The van der Waals surface area contributed by atoms with Gasteiger partial charge < -0.3 is 29.7 Å². The summed E-state index contributed by atoms with van der Waals surface area (Å²) in [5.74, 6) is 0.926. The highest BCUT2D eigenvalue weighted by molar-refractivity contribution is 14.0. The summed E-state index contributed by atoms with van der Waals surface area (Å²) < 4.78 is 40.7. The average Bonchev–Trinajstić information content (AvgIpc) is 2.67. The van der Waals surface area contributed by atoms with E-state index >= 15 is 0 Å². The normalized spacial score (nSPS) is 11.4. The SMILES string of the molecule is CCOc1cccc(CNC(=NC)NCCCN(C)CCOC)c1OC(F)F.I. The molecule has 0 fully saturated rings. The highest BCUT2D eigenvalue weighted by atomic mass is 127. The van der Waals surface area contributed by atoms with Gasteiger partial charge in [0.25, 0.3) is 0 Å². The molecular weight excluding hydrogens is 497 g/mol. The molecule has 0 bridgehead atoms. The maximum atomic E-state index is 12.8. The Bertz CT molecular complexity index is 595. The summed E-state index contributed by atoms with van der Waals surface area (Å²) in [7, 11) is 5.39. The molecule has 29 heavy (non-hydrogen) atoms. The number of nitrogens with one attached hydrogen (secondary N) is 2. The fourth-order valence-electron chi connectivity index (χ4n) is 2.51. The molecule has 7 nitrogen and oxygen atoms in total. The standard InChI is InChI=1S/C19H32F2N4O3.HI/c1-5-27-16-9-6-8-15(17(16)28-18(20)21)14-24-19(22-2)23-10-7-11-25(3)12-13-26-4;/h6,8-9,18H,5,7,10-14H2,1-4H3,(H2,22,23,24);1H. The number of halogens is 3. The van der Waals surface area contributed by atoms with Crippen LogP contribution < -0.4 is 20.1 Å². The number of para-hydroxylation sites is 1. The van der Waals surface area contributed by atoms with Crippen LogP contribution in [0.2, 0.25) is 0 Å². The van der Waals surface area contributed by atoms with Crippen LogP contribution in [0, 0.1) is 0 Å². The Labute approximate surface area is 189 Å². The molecule has 0 radical (unpaired) electrons. The zero-order valence-corrected chi connectivity index (χ0v) is 19.9. The maximum Gasteiger partial charge on any atom is 0.387 e. The smallest absolute Gasteiger partial charge is 0.387 e. The first-order valence-electron chi connectivity index (χ1n) is 9.33. The monoisotopic (exact) mass is 530 g/mol. The first kappa shape index (κ1) is 27.6. The minimum atomic E-state index is -2.92. The van der Waals surface area contributed by atoms with Crippen molar-refractivity contribution in [1.82, 2.24) is 15.5 Å². The Morgan fingerprint density at radius 2 is 2.00 bits per heavy atom. The quantitative estimate of drug-likeness (QED) is 0.177. The third-order valence-corrected chi connectivity index (χ3v) is 3.92. The fraction of sp³-hybridized carbons (Fsp3) is 0.632. The lowest BCUT2D eigenvalue weighted by Gasteiger charge is -2.18. The number of aliphatic imine (C=N–C) groups is 1. The van der Waals surface area contributed by atoms with Crippen molar-refractivity contribution in [3.8, 4) is 11.5 Å². The van der Waals surface area contributed by atoms with Crippen molar-refractivity contribution in [2.75, 3.05) is 54.1 Å². The second-order valence-corrected chi connectivity index (χ2v) is 6.06. The number of hydrogen-bond acceptors (Lipinski definition) is 5. The highest BCUT2D eigenvalue weighted by Crippen LogP contribution is 2.32. The van der Waals surface area contributed by atoms with Crippen molar-refractivity contribution < 1.29 is 23.0 Å². The molecular formula is C19H33F2IN4O3. The predicted octanol–water partition coefficient (Wildman–Crippen LogP) is 2.94. The van der Waals surface area contributed by atoms with Gasteiger partial charge in [-0.1, -0.05) is 12.1 Å². The average molecular weight is 530 g/mol. The van der Waals surface area contributed by atoms with E-state index in [0.717, 1.165) is 26.1 Å². The fourth-order valence-corrected chi connectivity index (χ4v) is 2.51. The predicted molar refractivity (Wildman–Crippen MR) is 122 cm³/mol. The molecule has 1 rings (SSSR count). The maximum absolute atomic E-state index is 12.8. The Balaban J connectivity index is 0.00000784. The second-order valence-electron chi connectivity index (χ2n) is 6.06. The number of nitrogens with zero attached hydrogens (tertiary/aromatic N) is 2. The van der Waals surface area contributed by atoms with Crippen LogP contribution >= 0.6 is 24.0 Å². The van der Waals surface area contributed by atoms with Gasteiger partial charge in [0.1, 0.15) is 0 Å². The number of hydrogen-bond donors (Lipinski definition) is 2. The number of likely N-dealkylation sites (N-methyl/N-ethyl adjacent to an activating group) is 1. The number of benzene rings is 1. The molecule has 0 saturated carbocycles. The van der Waals surface area contributed by atoms with Gasteiger partial charge in [-0.05, 0) is 33.0 Å². The van der Waals surface area contributed by atoms with Crippen LogP contribution in [0.1, 0.15) is 18.9 Å². The van der Waals surface area contributed by atoms with Crippen molar-refractivity contribution in [3.05, 3.63) is 23.8 Å². The lowest BCUT2D eigenvalue weighted by Crippen LogP contribution is -2.38. The van der Waals surface area contributed by atoms with E-state index in [4.69, 9.17) is 9.47 Å². The number of guanidine groups is 1. The van der Waals surface area contributed by atoms with E-state index in [2.05, 4.69) is 25.3 Å². The van der Waals surface area contributed by atoms with Crippen LogP contribution in [0.15, 0.2) is 23.2 Å². The number of ether oxygens (including phenoxy) is 3. The summed E-state index contributed by atoms with van der Waals surface area (Å²) in [6, 6.07) is 5.06. The van der Waals surface area contributed by atoms with Gasteiger partial charge in [0, 0.05) is 39.4 Å². The van der Waals surface area contributed by atoms with Crippen molar-refractivity contribution in [2.24, 2.45) is 4.99 Å². The largest absolute Gasteiger partial charge is 0.490 e. The van der Waals surface area contributed by atoms with Gasteiger partial charge in [0.2, 0.25) is 0 Å². The molecule has 2 N–H and O–H groups in total. The van der Waals surface area contributed by atoms with Gasteiger partial charge in [-0.15, -0.1) is 24.0 Å². The van der Waals surface area contributed by atoms with Gasteiger partial charge in [0.05, 0.1) is 13.2 Å². The van der Waals surface area contributed by atoms with Crippen molar-refractivity contribution >= 4 is 29.9 Å². The molecule has 0 amide bonds. The zero-order chi connectivity index (χ0) is 20.8. The van der Waals surface area contributed by atoms with Crippen molar-refractivity contribution in [2.45, 2.75) is 26.5 Å². The van der Waals surface area contributed by atoms with Crippen molar-refractivity contribution in [1.29, 1.82) is 0 Å². The van der Waals surface area contributed by atoms with E-state index < -0.39 is 6.61 Å². The zero-order valence-electron chi connectivity index (χ0n) is 17.5. The minimum absolute atomic E-state index is 0. The summed E-state index contributed by atoms with van der Waals surface area (Å²) in [4.78, 5) is 6.35. The summed E-state index contributed by atoms with van der Waals surface area (Å²) in [6.45, 7) is 2.74. The molecule has 0 heterocycles. The molecule has 1 aromatic carbocycles.